The number of hydrogen-bond acceptors (Lipinski definition) is 0. The third-order valence-electron chi connectivity index (χ3n) is 5.79. The van der Waals surface area contributed by atoms with Crippen molar-refractivity contribution in [1.29, 1.82) is 0 Å². The maximum Gasteiger partial charge on any atom is 0.00801 e. The molecule has 4 unspecified atom stereocenters. The minimum absolute atomic E-state index is 0. The first kappa shape index (κ1) is 22.7. The summed E-state index contributed by atoms with van der Waals surface area (Å²) in [6.07, 6.45) is 23.7. The van der Waals surface area contributed by atoms with Gasteiger partial charge in [-0.25, -0.2) is 0 Å². The molecule has 4 aliphatic rings. The smallest absolute Gasteiger partial charge is 0.00801 e. The molecule has 2 aliphatic heterocycles. The van der Waals surface area contributed by atoms with Gasteiger partial charge in [0.1, 0.15) is 0 Å². The Balaban J connectivity index is 0.000000173. The first-order valence-corrected chi connectivity index (χ1v) is 12.5. The van der Waals surface area contributed by atoms with Gasteiger partial charge in [-0.3, -0.25) is 0 Å². The molecule has 25 heavy (non-hydrogen) atoms. The van der Waals surface area contributed by atoms with Crippen molar-refractivity contribution < 1.29 is 17.1 Å². The Bertz CT molecular complexity index is 320. The summed E-state index contributed by atoms with van der Waals surface area (Å²) in [7, 11) is 0.349. The zero-order valence-corrected chi connectivity index (χ0v) is 18.9. The van der Waals surface area contributed by atoms with Crippen LogP contribution in [0.25, 0.3) is 0 Å². The van der Waals surface area contributed by atoms with Gasteiger partial charge < -0.3 is 0 Å². The Morgan fingerprint density at radius 2 is 0.800 bits per heavy atom. The van der Waals surface area contributed by atoms with Crippen molar-refractivity contribution in [3.05, 3.63) is 62.7 Å². The molecule has 4 rings (SSSR count). The van der Waals surface area contributed by atoms with E-state index in [1.807, 2.05) is 0 Å². The Hall–Kier alpha value is 1.38. The molecule has 2 saturated heterocycles. The van der Waals surface area contributed by atoms with Crippen molar-refractivity contribution in [2.75, 3.05) is 0 Å². The van der Waals surface area contributed by atoms with Gasteiger partial charge >= 0.3 is 0 Å². The van der Waals surface area contributed by atoms with E-state index >= 15 is 0 Å². The molecule has 0 spiro atoms. The first-order chi connectivity index (χ1) is 11.6. The van der Waals surface area contributed by atoms with Crippen molar-refractivity contribution >= 4 is 15.8 Å². The SMILES string of the molecule is CC1CCC(C)P1[C]1[CH][CH][CH][CH]1.CC1CCC(C)P1[C]1[CH][CH][CH][CH]1.[Fe]. The van der Waals surface area contributed by atoms with Crippen molar-refractivity contribution in [2.45, 2.75) is 76.0 Å². The second-order valence-electron chi connectivity index (χ2n) is 7.65. The van der Waals surface area contributed by atoms with Crippen LogP contribution in [0.3, 0.4) is 0 Å². The van der Waals surface area contributed by atoms with Crippen LogP contribution in [0.2, 0.25) is 0 Å². The third-order valence-corrected chi connectivity index (χ3v) is 12.4. The van der Waals surface area contributed by atoms with Gasteiger partial charge in [0.25, 0.3) is 0 Å². The summed E-state index contributed by atoms with van der Waals surface area (Å²) in [4.78, 5) is 0. The monoisotopic (exact) mass is 414 g/mol. The van der Waals surface area contributed by atoms with Gasteiger partial charge in [0.05, 0.1) is 0 Å². The minimum atomic E-state index is 0. The molecule has 0 aromatic rings. The fourth-order valence-electron chi connectivity index (χ4n) is 4.48. The molecular formula is C22H32FeP2. The van der Waals surface area contributed by atoms with Crippen molar-refractivity contribution in [2.24, 2.45) is 0 Å². The average molecular weight is 414 g/mol. The quantitative estimate of drug-likeness (QED) is 0.344. The zero-order valence-electron chi connectivity index (χ0n) is 16.0. The molecule has 2 heterocycles. The number of rotatable bonds is 2. The van der Waals surface area contributed by atoms with E-state index in [0.717, 1.165) is 22.6 Å². The van der Waals surface area contributed by atoms with Crippen LogP contribution in [0.1, 0.15) is 53.4 Å². The molecule has 3 heteroatoms. The summed E-state index contributed by atoms with van der Waals surface area (Å²) >= 11 is 0. The van der Waals surface area contributed by atoms with Gasteiger partial charge in [-0.05, 0) is 99.7 Å². The predicted octanol–water partition coefficient (Wildman–Crippen LogP) is 6.80. The molecule has 0 amide bonds. The van der Waals surface area contributed by atoms with Crippen LogP contribution in [0, 0.1) is 62.7 Å². The van der Waals surface area contributed by atoms with Crippen LogP contribution in [0.15, 0.2) is 0 Å². The van der Waals surface area contributed by atoms with Gasteiger partial charge in [0.15, 0.2) is 0 Å². The van der Waals surface area contributed by atoms with E-state index in [1.54, 1.807) is 11.3 Å². The van der Waals surface area contributed by atoms with Crippen LogP contribution in [-0.2, 0) is 17.1 Å². The summed E-state index contributed by atoms with van der Waals surface area (Å²) in [5, 5.41) is 0. The van der Waals surface area contributed by atoms with E-state index < -0.39 is 0 Å². The van der Waals surface area contributed by atoms with E-state index in [9.17, 15) is 0 Å². The largest absolute Gasteiger partial charge is 0.0930 e. The Labute approximate surface area is 171 Å². The predicted molar refractivity (Wildman–Crippen MR) is 111 cm³/mol. The average Bonchev–Trinajstić information content (AvgIpc) is 3.31. The molecule has 138 valence electrons. The molecule has 10 radical (unpaired) electrons. The van der Waals surface area contributed by atoms with Crippen LogP contribution in [0.4, 0.5) is 0 Å². The van der Waals surface area contributed by atoms with Gasteiger partial charge in [-0.2, -0.15) is 0 Å². The van der Waals surface area contributed by atoms with Crippen molar-refractivity contribution in [3.63, 3.8) is 0 Å². The Morgan fingerprint density at radius 3 is 1.04 bits per heavy atom. The summed E-state index contributed by atoms with van der Waals surface area (Å²) in [6.45, 7) is 9.68. The van der Waals surface area contributed by atoms with Crippen molar-refractivity contribution in [1.82, 2.24) is 0 Å². The normalized spacial score (nSPS) is 42.2. The fourth-order valence-corrected chi connectivity index (χ4v) is 11.0. The standard InChI is InChI=1S/2C11H16P.Fe/c2*1-9-7-8-10(2)12(9)11-5-3-4-6-11;/h2*3-6,9-10H,7-8H2,1-2H3;. The van der Waals surface area contributed by atoms with Gasteiger partial charge in [-0.15, -0.1) is 0 Å². The van der Waals surface area contributed by atoms with Gasteiger partial charge in [0, 0.05) is 28.4 Å². The van der Waals surface area contributed by atoms with Crippen LogP contribution in [-0.4, -0.2) is 22.6 Å². The van der Waals surface area contributed by atoms with E-state index in [-0.39, 0.29) is 32.9 Å². The second-order valence-corrected chi connectivity index (χ2v) is 13.8. The van der Waals surface area contributed by atoms with E-state index in [2.05, 4.69) is 79.1 Å². The van der Waals surface area contributed by atoms with Crippen LogP contribution < -0.4 is 0 Å². The fraction of sp³-hybridized carbons (Fsp3) is 0.545. The Kier molecular flexibility index (Phi) is 9.79. The van der Waals surface area contributed by atoms with Crippen molar-refractivity contribution in [3.8, 4) is 0 Å². The second kappa shape index (κ2) is 10.8. The molecule has 0 aromatic heterocycles. The summed E-state index contributed by atoms with van der Waals surface area (Å²) in [5.41, 5.74) is 7.08. The van der Waals surface area contributed by atoms with E-state index in [0.29, 0.717) is 0 Å². The summed E-state index contributed by atoms with van der Waals surface area (Å²) in [6, 6.07) is 0. The molecule has 4 atom stereocenters. The molecule has 2 aliphatic carbocycles. The molecule has 0 aromatic carbocycles. The molecule has 0 nitrogen and oxygen atoms in total. The Morgan fingerprint density at radius 1 is 0.560 bits per heavy atom. The van der Waals surface area contributed by atoms with E-state index in [4.69, 9.17) is 0 Å². The van der Waals surface area contributed by atoms with Gasteiger partial charge in [-0.1, -0.05) is 43.5 Å². The molecule has 2 saturated carbocycles. The molecule has 4 fully saturated rings. The maximum atomic E-state index is 2.42. The maximum absolute atomic E-state index is 2.42. The van der Waals surface area contributed by atoms with E-state index in [1.165, 1.54) is 25.7 Å². The topological polar surface area (TPSA) is 0 Å². The minimum Gasteiger partial charge on any atom is -0.0930 e. The molecular weight excluding hydrogens is 382 g/mol. The first-order valence-electron chi connectivity index (χ1n) is 9.58. The third kappa shape index (κ3) is 5.69. The van der Waals surface area contributed by atoms with Crippen LogP contribution in [0.5, 0.6) is 0 Å². The molecule has 0 N–H and O–H groups in total. The summed E-state index contributed by atoms with van der Waals surface area (Å²) in [5.74, 6) is 0. The van der Waals surface area contributed by atoms with Gasteiger partial charge in [0.2, 0.25) is 0 Å². The zero-order chi connectivity index (χ0) is 17.1. The molecule has 0 bridgehead atoms. The van der Waals surface area contributed by atoms with Crippen LogP contribution >= 0.6 is 15.8 Å². The summed E-state index contributed by atoms with van der Waals surface area (Å²) < 4.78 is 0. The number of hydrogen-bond donors (Lipinski definition) is 0.